The van der Waals surface area contributed by atoms with Gasteiger partial charge in [-0.1, -0.05) is 48.5 Å². The maximum atomic E-state index is 12.4. The number of carbonyl (C=O) groups excluding carboxylic acids is 1. The maximum Gasteiger partial charge on any atom is 0.358 e. The number of carbonyl (C=O) groups is 1. The number of esters is 1. The molecule has 0 saturated carbocycles. The quantitative estimate of drug-likeness (QED) is 0.593. The smallest absolute Gasteiger partial charge is 0.358 e. The van der Waals surface area contributed by atoms with Crippen LogP contribution in [0.4, 0.5) is 0 Å². The molecule has 2 aromatic carbocycles. The first-order chi connectivity index (χ1) is 11.1. The number of pyridine rings is 1. The second-order valence-corrected chi connectivity index (χ2v) is 6.28. The minimum absolute atomic E-state index is 0.192. The molecule has 116 valence electrons. The molecule has 0 saturated heterocycles. The number of nitrogens with zero attached hydrogens (tertiary/aromatic N) is 1. The van der Waals surface area contributed by atoms with Crippen LogP contribution in [0.3, 0.4) is 0 Å². The summed E-state index contributed by atoms with van der Waals surface area (Å²) in [6, 6.07) is 17.7. The van der Waals surface area contributed by atoms with Crippen molar-refractivity contribution in [2.45, 2.75) is 20.0 Å². The molecule has 3 rings (SSSR count). The van der Waals surface area contributed by atoms with Crippen molar-refractivity contribution >= 4 is 32.8 Å². The zero-order chi connectivity index (χ0) is 16.4. The second kappa shape index (κ2) is 6.50. The van der Waals surface area contributed by atoms with Gasteiger partial charge in [-0.15, -0.1) is 0 Å². The van der Waals surface area contributed by atoms with Crippen LogP contribution < -0.4 is 0 Å². The summed E-state index contributed by atoms with van der Waals surface area (Å²) in [4.78, 5) is 16.9. The van der Waals surface area contributed by atoms with Crippen molar-refractivity contribution in [2.75, 3.05) is 0 Å². The molecule has 3 nitrogen and oxygen atoms in total. The molecule has 0 bridgehead atoms. The minimum atomic E-state index is -0.421. The van der Waals surface area contributed by atoms with Gasteiger partial charge in [0.2, 0.25) is 0 Å². The Labute approximate surface area is 143 Å². The molecule has 0 atom stereocenters. The van der Waals surface area contributed by atoms with Crippen LogP contribution in [0.15, 0.2) is 59.1 Å². The Morgan fingerprint density at radius 2 is 1.70 bits per heavy atom. The second-order valence-electron chi connectivity index (χ2n) is 5.49. The summed E-state index contributed by atoms with van der Waals surface area (Å²) in [6.45, 7) is 3.65. The summed E-state index contributed by atoms with van der Waals surface area (Å²) in [5.41, 5.74) is 3.05. The van der Waals surface area contributed by atoms with Gasteiger partial charge in [0.05, 0.1) is 16.1 Å². The molecule has 3 aromatic rings. The molecule has 4 heteroatoms. The van der Waals surface area contributed by atoms with Crippen molar-refractivity contribution in [1.29, 1.82) is 0 Å². The standard InChI is InChI=1S/C19H16BrNO2/c1-12(2)23-19(22)18-17(20)16(13-8-4-3-5-9-13)14-10-6-7-11-15(14)21-18/h3-12H,1-2H3. The van der Waals surface area contributed by atoms with Crippen molar-refractivity contribution in [2.24, 2.45) is 0 Å². The van der Waals surface area contributed by atoms with Gasteiger partial charge in [0.15, 0.2) is 5.69 Å². The highest BCUT2D eigenvalue weighted by atomic mass is 79.9. The Morgan fingerprint density at radius 3 is 2.39 bits per heavy atom. The van der Waals surface area contributed by atoms with Crippen LogP contribution in [0.25, 0.3) is 22.0 Å². The van der Waals surface area contributed by atoms with E-state index in [-0.39, 0.29) is 6.10 Å². The van der Waals surface area contributed by atoms with Crippen molar-refractivity contribution in [3.8, 4) is 11.1 Å². The fourth-order valence-electron chi connectivity index (χ4n) is 2.48. The lowest BCUT2D eigenvalue weighted by molar-refractivity contribution is 0.0370. The lowest BCUT2D eigenvalue weighted by Crippen LogP contribution is -2.14. The van der Waals surface area contributed by atoms with E-state index in [1.54, 1.807) is 0 Å². The Balaban J connectivity index is 2.28. The minimum Gasteiger partial charge on any atom is -0.458 e. The largest absolute Gasteiger partial charge is 0.458 e. The van der Waals surface area contributed by atoms with Gasteiger partial charge in [0.25, 0.3) is 0 Å². The molecule has 0 aliphatic carbocycles. The van der Waals surface area contributed by atoms with Gasteiger partial charge in [-0.2, -0.15) is 0 Å². The van der Waals surface area contributed by atoms with Crippen LogP contribution in [0, 0.1) is 0 Å². The third kappa shape index (κ3) is 3.13. The molecule has 1 heterocycles. The summed E-state index contributed by atoms with van der Waals surface area (Å²) in [5, 5.41) is 0.992. The molecular formula is C19H16BrNO2. The number of hydrogen-bond acceptors (Lipinski definition) is 3. The number of benzene rings is 2. The predicted molar refractivity (Wildman–Crippen MR) is 95.4 cm³/mol. The number of hydrogen-bond donors (Lipinski definition) is 0. The molecule has 0 radical (unpaired) electrons. The van der Waals surface area contributed by atoms with E-state index in [0.29, 0.717) is 10.2 Å². The number of para-hydroxylation sites is 1. The highest BCUT2D eigenvalue weighted by molar-refractivity contribution is 9.10. The van der Waals surface area contributed by atoms with Gasteiger partial charge in [0, 0.05) is 10.9 Å². The zero-order valence-electron chi connectivity index (χ0n) is 12.9. The summed E-state index contributed by atoms with van der Waals surface area (Å²) < 4.78 is 5.99. The van der Waals surface area contributed by atoms with Crippen LogP contribution in [0.1, 0.15) is 24.3 Å². The van der Waals surface area contributed by atoms with Crippen LogP contribution in [-0.4, -0.2) is 17.1 Å². The average Bonchev–Trinajstić information content (AvgIpc) is 2.54. The van der Waals surface area contributed by atoms with Crippen LogP contribution >= 0.6 is 15.9 Å². The van der Waals surface area contributed by atoms with E-state index in [1.165, 1.54) is 0 Å². The molecule has 0 aliphatic rings. The fraction of sp³-hybridized carbons (Fsp3) is 0.158. The van der Waals surface area contributed by atoms with E-state index in [0.717, 1.165) is 22.0 Å². The summed E-state index contributed by atoms with van der Waals surface area (Å²) in [5.74, 6) is -0.421. The Morgan fingerprint density at radius 1 is 1.04 bits per heavy atom. The molecule has 23 heavy (non-hydrogen) atoms. The maximum absolute atomic E-state index is 12.4. The molecule has 1 aromatic heterocycles. The molecule has 0 unspecified atom stereocenters. The third-order valence-corrected chi connectivity index (χ3v) is 4.20. The van der Waals surface area contributed by atoms with Crippen molar-refractivity contribution in [1.82, 2.24) is 4.98 Å². The molecule has 0 aliphatic heterocycles. The van der Waals surface area contributed by atoms with Gasteiger partial charge in [0.1, 0.15) is 0 Å². The molecule has 0 amide bonds. The summed E-state index contributed by atoms with van der Waals surface area (Å²) >= 11 is 3.57. The zero-order valence-corrected chi connectivity index (χ0v) is 14.5. The van der Waals surface area contributed by atoms with Crippen molar-refractivity contribution in [3.05, 3.63) is 64.8 Å². The molecule has 0 spiro atoms. The Bertz CT molecular complexity index is 860. The van der Waals surface area contributed by atoms with E-state index in [9.17, 15) is 4.79 Å². The monoisotopic (exact) mass is 369 g/mol. The predicted octanol–water partition coefficient (Wildman–Crippen LogP) is 5.23. The number of ether oxygens (including phenoxy) is 1. The van der Waals surface area contributed by atoms with E-state index in [4.69, 9.17) is 4.74 Å². The van der Waals surface area contributed by atoms with E-state index < -0.39 is 5.97 Å². The Hall–Kier alpha value is -2.20. The van der Waals surface area contributed by atoms with Gasteiger partial charge in [-0.3, -0.25) is 0 Å². The lowest BCUT2D eigenvalue weighted by Gasteiger charge is -2.14. The summed E-state index contributed by atoms with van der Waals surface area (Å²) in [7, 11) is 0. The van der Waals surface area contributed by atoms with Gasteiger partial charge in [-0.05, 0) is 41.4 Å². The van der Waals surface area contributed by atoms with E-state index >= 15 is 0 Å². The van der Waals surface area contributed by atoms with Gasteiger partial charge in [-0.25, -0.2) is 9.78 Å². The normalized spacial score (nSPS) is 11.0. The van der Waals surface area contributed by atoms with Crippen molar-refractivity contribution in [3.63, 3.8) is 0 Å². The SMILES string of the molecule is CC(C)OC(=O)c1nc2ccccc2c(-c2ccccc2)c1Br. The first-order valence-corrected chi connectivity index (χ1v) is 8.22. The number of aromatic nitrogens is 1. The van der Waals surface area contributed by atoms with Gasteiger partial charge >= 0.3 is 5.97 Å². The molecule has 0 fully saturated rings. The van der Waals surface area contributed by atoms with Gasteiger partial charge < -0.3 is 4.74 Å². The van der Waals surface area contributed by atoms with Crippen LogP contribution in [-0.2, 0) is 4.74 Å². The first-order valence-electron chi connectivity index (χ1n) is 7.42. The molecule has 0 N–H and O–H groups in total. The average molecular weight is 370 g/mol. The fourth-order valence-corrected chi connectivity index (χ4v) is 3.17. The van der Waals surface area contributed by atoms with E-state index in [1.807, 2.05) is 68.4 Å². The summed E-state index contributed by atoms with van der Waals surface area (Å²) in [6.07, 6.45) is -0.192. The highest BCUT2D eigenvalue weighted by Crippen LogP contribution is 2.36. The van der Waals surface area contributed by atoms with Crippen LogP contribution in [0.5, 0.6) is 0 Å². The number of halogens is 1. The van der Waals surface area contributed by atoms with Crippen LogP contribution in [0.2, 0.25) is 0 Å². The number of fused-ring (bicyclic) bond motifs is 1. The van der Waals surface area contributed by atoms with Crippen molar-refractivity contribution < 1.29 is 9.53 Å². The lowest BCUT2D eigenvalue weighted by atomic mass is 10.00. The Kier molecular flexibility index (Phi) is 4.44. The topological polar surface area (TPSA) is 39.2 Å². The first kappa shape index (κ1) is 15.7. The van der Waals surface area contributed by atoms with E-state index in [2.05, 4.69) is 20.9 Å². The third-order valence-electron chi connectivity index (χ3n) is 3.43. The highest BCUT2D eigenvalue weighted by Gasteiger charge is 2.21. The number of rotatable bonds is 3. The molecular weight excluding hydrogens is 354 g/mol.